The molecule has 2 amide bonds. The van der Waals surface area contributed by atoms with E-state index in [1.165, 1.54) is 6.92 Å². The van der Waals surface area contributed by atoms with Crippen LogP contribution in [0.15, 0.2) is 54.7 Å². The fraction of sp³-hybridized carbons (Fsp3) is 0.158. The van der Waals surface area contributed by atoms with E-state index in [-0.39, 0.29) is 11.8 Å². The lowest BCUT2D eigenvalue weighted by Crippen LogP contribution is -2.26. The molecule has 24 heavy (non-hydrogen) atoms. The molecule has 0 aliphatic heterocycles. The van der Waals surface area contributed by atoms with Gasteiger partial charge in [0.15, 0.2) is 0 Å². The molecule has 2 N–H and O–H groups in total. The number of fused-ring (bicyclic) bond motifs is 1. The van der Waals surface area contributed by atoms with Gasteiger partial charge >= 0.3 is 0 Å². The van der Waals surface area contributed by atoms with Crippen molar-refractivity contribution in [2.45, 2.75) is 13.5 Å². The number of aromatic nitrogens is 1. The summed E-state index contributed by atoms with van der Waals surface area (Å²) in [7, 11) is 1.78. The summed E-state index contributed by atoms with van der Waals surface area (Å²) in [5.74, 6) is -0.194. The van der Waals surface area contributed by atoms with Crippen molar-refractivity contribution < 1.29 is 9.59 Å². The predicted molar refractivity (Wildman–Crippen MR) is 94.8 cm³/mol. The highest BCUT2D eigenvalue weighted by atomic mass is 16.2. The van der Waals surface area contributed by atoms with E-state index in [0.717, 1.165) is 16.5 Å². The summed E-state index contributed by atoms with van der Waals surface area (Å²) in [5, 5.41) is 3.81. The molecule has 122 valence electrons. The van der Waals surface area contributed by atoms with Gasteiger partial charge in [-0.1, -0.05) is 18.2 Å². The molecule has 3 rings (SSSR count). The molecule has 0 aliphatic rings. The summed E-state index contributed by atoms with van der Waals surface area (Å²) in [6, 6.07) is 14.9. The Bertz CT molecular complexity index is 881. The third-order valence-electron chi connectivity index (χ3n) is 3.88. The van der Waals surface area contributed by atoms with Gasteiger partial charge in [-0.3, -0.25) is 9.59 Å². The number of carbonyl (C=O) groups excluding carboxylic acids is 2. The van der Waals surface area contributed by atoms with Gasteiger partial charge in [-0.05, 0) is 35.9 Å². The topological polar surface area (TPSA) is 65.2 Å². The minimum absolute atomic E-state index is 0.0605. The average molecular weight is 321 g/mol. The second-order valence-corrected chi connectivity index (χ2v) is 5.78. The summed E-state index contributed by atoms with van der Waals surface area (Å²) in [5.41, 5.74) is 3.41. The summed E-state index contributed by atoms with van der Waals surface area (Å²) in [6.45, 7) is 1.98. The van der Waals surface area contributed by atoms with Crippen LogP contribution in [0, 0.1) is 0 Å². The number of aromatic amines is 1. The maximum Gasteiger partial charge on any atom is 0.253 e. The summed E-state index contributed by atoms with van der Waals surface area (Å²) in [4.78, 5) is 28.5. The van der Waals surface area contributed by atoms with E-state index in [0.29, 0.717) is 17.8 Å². The number of rotatable bonds is 4. The zero-order chi connectivity index (χ0) is 17.1. The van der Waals surface area contributed by atoms with E-state index in [1.807, 2.05) is 30.5 Å². The number of para-hydroxylation sites is 1. The van der Waals surface area contributed by atoms with Crippen molar-refractivity contribution in [1.82, 2.24) is 9.88 Å². The molecular formula is C19H19N3O2. The van der Waals surface area contributed by atoms with Crippen LogP contribution in [0.3, 0.4) is 0 Å². The van der Waals surface area contributed by atoms with Crippen molar-refractivity contribution in [2.24, 2.45) is 0 Å². The number of nitrogens with one attached hydrogen (secondary N) is 2. The van der Waals surface area contributed by atoms with Gasteiger partial charge in [-0.15, -0.1) is 0 Å². The van der Waals surface area contributed by atoms with E-state index in [2.05, 4.69) is 10.3 Å². The Morgan fingerprint density at radius 3 is 2.50 bits per heavy atom. The van der Waals surface area contributed by atoms with Crippen LogP contribution in [-0.4, -0.2) is 28.7 Å². The van der Waals surface area contributed by atoms with E-state index in [4.69, 9.17) is 0 Å². The highest BCUT2D eigenvalue weighted by Crippen LogP contribution is 2.20. The molecular weight excluding hydrogens is 302 g/mol. The number of carbonyl (C=O) groups is 2. The molecule has 2 aromatic carbocycles. The number of hydrogen-bond acceptors (Lipinski definition) is 2. The van der Waals surface area contributed by atoms with Crippen molar-refractivity contribution in [1.29, 1.82) is 0 Å². The van der Waals surface area contributed by atoms with E-state index in [1.54, 1.807) is 36.2 Å². The number of benzene rings is 2. The minimum atomic E-state index is -0.134. The van der Waals surface area contributed by atoms with Crippen LogP contribution in [0.4, 0.5) is 5.69 Å². The third kappa shape index (κ3) is 3.30. The van der Waals surface area contributed by atoms with Crippen LogP contribution in [0.1, 0.15) is 22.8 Å². The van der Waals surface area contributed by atoms with Gasteiger partial charge < -0.3 is 15.2 Å². The Balaban J connectivity index is 1.73. The van der Waals surface area contributed by atoms with Crippen molar-refractivity contribution in [3.05, 3.63) is 65.9 Å². The standard InChI is InChI=1S/C19H19N3O2/c1-13(23)21-16-9-7-14(8-10-16)19(24)22(2)12-15-11-20-18-6-4-3-5-17(15)18/h3-11,20H,12H2,1-2H3,(H,21,23). The molecule has 0 saturated heterocycles. The summed E-state index contributed by atoms with van der Waals surface area (Å²) < 4.78 is 0. The Labute approximate surface area is 140 Å². The van der Waals surface area contributed by atoms with Crippen LogP contribution >= 0.6 is 0 Å². The molecule has 0 spiro atoms. The first-order chi connectivity index (χ1) is 11.5. The van der Waals surface area contributed by atoms with Crippen LogP contribution in [0.5, 0.6) is 0 Å². The van der Waals surface area contributed by atoms with Crippen LogP contribution < -0.4 is 5.32 Å². The lowest BCUT2D eigenvalue weighted by molar-refractivity contribution is -0.114. The maximum absolute atomic E-state index is 12.6. The first-order valence-corrected chi connectivity index (χ1v) is 7.72. The van der Waals surface area contributed by atoms with Gasteiger partial charge in [-0.2, -0.15) is 0 Å². The van der Waals surface area contributed by atoms with Gasteiger partial charge in [0, 0.05) is 48.9 Å². The van der Waals surface area contributed by atoms with Gasteiger partial charge in [0.25, 0.3) is 5.91 Å². The third-order valence-corrected chi connectivity index (χ3v) is 3.88. The van der Waals surface area contributed by atoms with Crippen LogP contribution in [0.25, 0.3) is 10.9 Å². The van der Waals surface area contributed by atoms with Crippen LogP contribution in [-0.2, 0) is 11.3 Å². The number of hydrogen-bond donors (Lipinski definition) is 2. The van der Waals surface area contributed by atoms with Crippen LogP contribution in [0.2, 0.25) is 0 Å². The predicted octanol–water partition coefficient (Wildman–Crippen LogP) is 3.40. The molecule has 0 fully saturated rings. The zero-order valence-corrected chi connectivity index (χ0v) is 13.7. The first-order valence-electron chi connectivity index (χ1n) is 7.72. The lowest BCUT2D eigenvalue weighted by atomic mass is 10.1. The fourth-order valence-electron chi connectivity index (χ4n) is 2.71. The van der Waals surface area contributed by atoms with Gasteiger partial charge in [0.05, 0.1) is 0 Å². The number of H-pyrrole nitrogens is 1. The zero-order valence-electron chi connectivity index (χ0n) is 13.7. The highest BCUT2D eigenvalue weighted by molar-refractivity contribution is 5.95. The smallest absolute Gasteiger partial charge is 0.253 e. The van der Waals surface area contributed by atoms with Crippen molar-refractivity contribution >= 4 is 28.4 Å². The highest BCUT2D eigenvalue weighted by Gasteiger charge is 2.14. The van der Waals surface area contributed by atoms with E-state index in [9.17, 15) is 9.59 Å². The van der Waals surface area contributed by atoms with Gasteiger partial charge in [0.2, 0.25) is 5.91 Å². The Morgan fingerprint density at radius 1 is 1.08 bits per heavy atom. The quantitative estimate of drug-likeness (QED) is 0.773. The summed E-state index contributed by atoms with van der Waals surface area (Å²) in [6.07, 6.45) is 1.94. The fourth-order valence-corrected chi connectivity index (χ4v) is 2.71. The second-order valence-electron chi connectivity index (χ2n) is 5.78. The molecule has 5 heteroatoms. The number of amides is 2. The maximum atomic E-state index is 12.6. The minimum Gasteiger partial charge on any atom is -0.361 e. The van der Waals surface area contributed by atoms with E-state index >= 15 is 0 Å². The monoisotopic (exact) mass is 321 g/mol. The Hall–Kier alpha value is -3.08. The molecule has 0 radical (unpaired) electrons. The van der Waals surface area contributed by atoms with Gasteiger partial charge in [-0.25, -0.2) is 0 Å². The molecule has 1 heterocycles. The molecule has 1 aromatic heterocycles. The number of anilines is 1. The lowest BCUT2D eigenvalue weighted by Gasteiger charge is -2.17. The molecule has 3 aromatic rings. The number of nitrogens with zero attached hydrogens (tertiary/aromatic N) is 1. The van der Waals surface area contributed by atoms with Crippen molar-refractivity contribution in [2.75, 3.05) is 12.4 Å². The first kappa shape index (κ1) is 15.8. The van der Waals surface area contributed by atoms with E-state index < -0.39 is 0 Å². The SMILES string of the molecule is CC(=O)Nc1ccc(C(=O)N(C)Cc2c[nH]c3ccccc23)cc1. The largest absolute Gasteiger partial charge is 0.361 e. The second kappa shape index (κ2) is 6.58. The molecule has 0 unspecified atom stereocenters. The molecule has 0 atom stereocenters. The van der Waals surface area contributed by atoms with Gasteiger partial charge in [0.1, 0.15) is 0 Å². The molecule has 0 saturated carbocycles. The van der Waals surface area contributed by atoms with Crippen molar-refractivity contribution in [3.8, 4) is 0 Å². The molecule has 0 bridgehead atoms. The average Bonchev–Trinajstić information content (AvgIpc) is 2.97. The Kier molecular flexibility index (Phi) is 4.33. The normalized spacial score (nSPS) is 10.6. The Morgan fingerprint density at radius 2 is 1.79 bits per heavy atom. The molecule has 0 aliphatic carbocycles. The van der Waals surface area contributed by atoms with Crippen molar-refractivity contribution in [3.63, 3.8) is 0 Å². The molecule has 5 nitrogen and oxygen atoms in total. The summed E-state index contributed by atoms with van der Waals surface area (Å²) >= 11 is 0.